The molecule has 0 amide bonds. The van der Waals surface area contributed by atoms with Gasteiger partial charge in [-0.15, -0.1) is 0 Å². The van der Waals surface area contributed by atoms with Crippen LogP contribution in [0.15, 0.2) is 29.5 Å². The molecule has 1 aromatic heterocycles. The molecule has 1 fully saturated rings. The standard InChI is InChI=1S/C16H19F3N4O2S/c17-9-1-11(15(19)12(18)2-9)16-13(20)3-10(7-26(16,24)25)23-5-8-4-21-22-14(8)6-23/h1,4,9-10,13,16H,2-3,5-7,20H2,(H,21,22)/t9?,10-,13+,16?/m1/s1. The van der Waals surface area contributed by atoms with Crippen LogP contribution in [0.5, 0.6) is 0 Å². The Labute approximate surface area is 148 Å². The normalized spacial score (nSPS) is 34.7. The molecular weight excluding hydrogens is 369 g/mol. The summed E-state index contributed by atoms with van der Waals surface area (Å²) in [5.74, 6) is -2.78. The lowest BCUT2D eigenvalue weighted by Crippen LogP contribution is -2.55. The van der Waals surface area contributed by atoms with Gasteiger partial charge in [-0.2, -0.15) is 5.10 Å². The number of hydrogen-bond acceptors (Lipinski definition) is 5. The van der Waals surface area contributed by atoms with Crippen LogP contribution in [-0.4, -0.2) is 52.8 Å². The Morgan fingerprint density at radius 1 is 1.31 bits per heavy atom. The number of hydrogen-bond donors (Lipinski definition) is 2. The van der Waals surface area contributed by atoms with E-state index in [1.165, 1.54) is 0 Å². The van der Waals surface area contributed by atoms with Gasteiger partial charge < -0.3 is 5.73 Å². The van der Waals surface area contributed by atoms with Crippen LogP contribution in [0, 0.1) is 0 Å². The Bertz CT molecular complexity index is 875. The van der Waals surface area contributed by atoms with Crippen molar-refractivity contribution in [3.8, 4) is 0 Å². The predicted octanol–water partition coefficient (Wildman–Crippen LogP) is 1.43. The van der Waals surface area contributed by atoms with Crippen molar-refractivity contribution in [3.63, 3.8) is 0 Å². The number of sulfone groups is 1. The van der Waals surface area contributed by atoms with Crippen molar-refractivity contribution in [3.05, 3.63) is 40.8 Å². The zero-order valence-corrected chi connectivity index (χ0v) is 14.6. The molecule has 0 aromatic carbocycles. The van der Waals surface area contributed by atoms with Crippen LogP contribution in [0.3, 0.4) is 0 Å². The van der Waals surface area contributed by atoms with Gasteiger partial charge in [0.05, 0.1) is 17.6 Å². The number of aromatic amines is 1. The first-order valence-electron chi connectivity index (χ1n) is 8.39. The average molecular weight is 388 g/mol. The van der Waals surface area contributed by atoms with Crippen molar-refractivity contribution in [2.24, 2.45) is 5.73 Å². The second-order valence-corrected chi connectivity index (χ2v) is 9.31. The summed E-state index contributed by atoms with van der Waals surface area (Å²) in [6.07, 6.45) is 0.394. The summed E-state index contributed by atoms with van der Waals surface area (Å²) < 4.78 is 67.1. The highest BCUT2D eigenvalue weighted by Gasteiger charge is 2.46. The lowest BCUT2D eigenvalue weighted by atomic mass is 9.93. The first-order valence-corrected chi connectivity index (χ1v) is 10.1. The van der Waals surface area contributed by atoms with Crippen LogP contribution < -0.4 is 5.73 Å². The minimum absolute atomic E-state index is 0.230. The van der Waals surface area contributed by atoms with Crippen LogP contribution in [0.4, 0.5) is 13.2 Å². The van der Waals surface area contributed by atoms with E-state index in [0.29, 0.717) is 19.5 Å². The van der Waals surface area contributed by atoms with E-state index in [1.807, 2.05) is 4.90 Å². The van der Waals surface area contributed by atoms with Crippen molar-refractivity contribution in [2.45, 2.75) is 49.4 Å². The lowest BCUT2D eigenvalue weighted by molar-refractivity contribution is 0.188. The molecule has 3 N–H and O–H groups in total. The quantitative estimate of drug-likeness (QED) is 0.800. The number of nitrogens with two attached hydrogens (primary N) is 1. The lowest BCUT2D eigenvalue weighted by Gasteiger charge is -2.39. The fourth-order valence-electron chi connectivity index (χ4n) is 4.13. The van der Waals surface area contributed by atoms with Gasteiger partial charge in [0, 0.05) is 42.7 Å². The van der Waals surface area contributed by atoms with Gasteiger partial charge in [0.2, 0.25) is 0 Å². The molecule has 3 aliphatic rings. The third-order valence-corrected chi connectivity index (χ3v) is 7.56. The molecule has 26 heavy (non-hydrogen) atoms. The third kappa shape index (κ3) is 2.89. The topological polar surface area (TPSA) is 92.1 Å². The maximum atomic E-state index is 14.2. The highest BCUT2D eigenvalue weighted by molar-refractivity contribution is 7.92. The number of rotatable bonds is 2. The number of allylic oxidation sites excluding steroid dienone is 3. The molecule has 1 aromatic rings. The second kappa shape index (κ2) is 6.21. The van der Waals surface area contributed by atoms with Gasteiger partial charge in [-0.1, -0.05) is 0 Å². The molecule has 3 heterocycles. The van der Waals surface area contributed by atoms with E-state index in [1.54, 1.807) is 6.20 Å². The van der Waals surface area contributed by atoms with Gasteiger partial charge in [-0.3, -0.25) is 10.00 Å². The Kier molecular flexibility index (Phi) is 4.24. The van der Waals surface area contributed by atoms with Gasteiger partial charge in [0.15, 0.2) is 15.7 Å². The summed E-state index contributed by atoms with van der Waals surface area (Å²) >= 11 is 0. The van der Waals surface area contributed by atoms with E-state index in [0.717, 1.165) is 17.3 Å². The first-order chi connectivity index (χ1) is 12.3. The minimum Gasteiger partial charge on any atom is -0.326 e. The van der Waals surface area contributed by atoms with Crippen molar-refractivity contribution < 1.29 is 21.6 Å². The summed E-state index contributed by atoms with van der Waals surface area (Å²) in [6.45, 7) is 1.09. The summed E-state index contributed by atoms with van der Waals surface area (Å²) in [5.41, 5.74) is 7.55. The van der Waals surface area contributed by atoms with Gasteiger partial charge in [0.25, 0.3) is 0 Å². The molecule has 142 valence electrons. The minimum atomic E-state index is -3.88. The molecule has 0 bridgehead atoms. The number of alkyl halides is 1. The number of nitrogens with one attached hydrogen (secondary N) is 1. The maximum absolute atomic E-state index is 14.2. The molecule has 0 saturated carbocycles. The molecule has 4 rings (SSSR count). The number of H-pyrrole nitrogens is 1. The Hall–Kier alpha value is -1.65. The number of halogens is 3. The van der Waals surface area contributed by atoms with Gasteiger partial charge >= 0.3 is 0 Å². The van der Waals surface area contributed by atoms with Crippen molar-refractivity contribution in [1.29, 1.82) is 0 Å². The molecule has 1 saturated heterocycles. The summed E-state index contributed by atoms with van der Waals surface area (Å²) in [7, 11) is -3.88. The second-order valence-electron chi connectivity index (χ2n) is 7.14. The van der Waals surface area contributed by atoms with Crippen molar-refractivity contribution in [1.82, 2.24) is 15.1 Å². The zero-order chi connectivity index (χ0) is 18.6. The van der Waals surface area contributed by atoms with E-state index in [9.17, 15) is 21.6 Å². The van der Waals surface area contributed by atoms with E-state index < -0.39 is 50.9 Å². The average Bonchev–Trinajstić information content (AvgIpc) is 3.11. The molecule has 4 atom stereocenters. The molecule has 2 aliphatic heterocycles. The smallest absolute Gasteiger partial charge is 0.160 e. The molecule has 6 nitrogen and oxygen atoms in total. The van der Waals surface area contributed by atoms with Crippen LogP contribution >= 0.6 is 0 Å². The van der Waals surface area contributed by atoms with Gasteiger partial charge in [0.1, 0.15) is 17.2 Å². The SMILES string of the molecule is N[C@H]1C[C@@H](N2Cc3cn[nH]c3C2)CS(=O)(=O)C1C1=CC(F)CC(F)=C1F. The highest BCUT2D eigenvalue weighted by Crippen LogP contribution is 2.38. The summed E-state index contributed by atoms with van der Waals surface area (Å²) in [6, 6.07) is -1.28. The highest BCUT2D eigenvalue weighted by atomic mass is 32.2. The monoisotopic (exact) mass is 388 g/mol. The van der Waals surface area contributed by atoms with E-state index in [4.69, 9.17) is 5.73 Å². The fourth-order valence-corrected chi connectivity index (χ4v) is 6.44. The summed E-state index contributed by atoms with van der Waals surface area (Å²) in [5, 5.41) is 5.39. The van der Waals surface area contributed by atoms with Crippen LogP contribution in [0.1, 0.15) is 24.1 Å². The molecule has 0 spiro atoms. The fraction of sp³-hybridized carbons (Fsp3) is 0.562. The first kappa shape index (κ1) is 17.7. The zero-order valence-electron chi connectivity index (χ0n) is 13.8. The molecule has 10 heteroatoms. The number of fused-ring (bicyclic) bond motifs is 1. The largest absolute Gasteiger partial charge is 0.326 e. The number of nitrogens with zero attached hydrogens (tertiary/aromatic N) is 2. The van der Waals surface area contributed by atoms with Crippen molar-refractivity contribution >= 4 is 9.84 Å². The van der Waals surface area contributed by atoms with E-state index in [2.05, 4.69) is 10.2 Å². The predicted molar refractivity (Wildman–Crippen MR) is 88.6 cm³/mol. The van der Waals surface area contributed by atoms with Crippen LogP contribution in [0.25, 0.3) is 0 Å². The molecule has 0 radical (unpaired) electrons. The molecule has 2 unspecified atom stereocenters. The van der Waals surface area contributed by atoms with Crippen molar-refractivity contribution in [2.75, 3.05) is 5.75 Å². The number of aromatic nitrogens is 2. The molecule has 1 aliphatic carbocycles. The van der Waals surface area contributed by atoms with E-state index >= 15 is 0 Å². The molecular formula is C16H19F3N4O2S. The maximum Gasteiger partial charge on any atom is 0.160 e. The Morgan fingerprint density at radius 2 is 2.08 bits per heavy atom. The summed E-state index contributed by atoms with van der Waals surface area (Å²) in [4.78, 5) is 1.98. The Morgan fingerprint density at radius 3 is 2.77 bits per heavy atom. The van der Waals surface area contributed by atoms with Crippen LogP contribution in [-0.2, 0) is 22.9 Å². The van der Waals surface area contributed by atoms with Crippen LogP contribution in [0.2, 0.25) is 0 Å². The third-order valence-electron chi connectivity index (χ3n) is 5.34. The van der Waals surface area contributed by atoms with Gasteiger partial charge in [-0.05, 0) is 12.5 Å². The van der Waals surface area contributed by atoms with E-state index in [-0.39, 0.29) is 11.8 Å². The Balaban J connectivity index is 1.58. The van der Waals surface area contributed by atoms with Gasteiger partial charge in [-0.25, -0.2) is 21.6 Å².